The number of pyridine rings is 1. The maximum absolute atomic E-state index is 11.7. The zero-order chi connectivity index (χ0) is 9.97. The van der Waals surface area contributed by atoms with Gasteiger partial charge in [-0.15, -0.1) is 0 Å². The Labute approximate surface area is 80.0 Å². The molecular formula is C9H9N3O2. The number of rotatable bonds is 2. The molecule has 1 N–H and O–H groups in total. The van der Waals surface area contributed by atoms with Crippen molar-refractivity contribution in [3.05, 3.63) is 41.0 Å². The first-order valence-electron chi connectivity index (χ1n) is 4.13. The Kier molecular flexibility index (Phi) is 2.06. The van der Waals surface area contributed by atoms with Crippen molar-refractivity contribution in [2.75, 3.05) is 12.4 Å². The molecule has 0 aliphatic rings. The molecule has 2 rings (SSSR count). The number of nitrogens with one attached hydrogen (secondary N) is 1. The van der Waals surface area contributed by atoms with Crippen LogP contribution in [0.15, 0.2) is 40.0 Å². The van der Waals surface area contributed by atoms with Crippen molar-refractivity contribution in [3.63, 3.8) is 0 Å². The third-order valence-corrected chi connectivity index (χ3v) is 1.89. The lowest BCUT2D eigenvalue weighted by atomic mass is 10.4. The molecule has 5 heteroatoms. The molecule has 5 nitrogen and oxygen atoms in total. The molecule has 0 amide bonds. The standard InChI is InChI=1S/C9H9N3O2/c1-10-7-3-2-5-12(9(7)13)8-4-6-14-11-8/h2-6,10H,1H3. The maximum atomic E-state index is 11.7. The number of aromatic nitrogens is 2. The van der Waals surface area contributed by atoms with Crippen LogP contribution in [0.5, 0.6) is 0 Å². The molecule has 0 atom stereocenters. The molecule has 14 heavy (non-hydrogen) atoms. The molecule has 0 fully saturated rings. The van der Waals surface area contributed by atoms with Crippen LogP contribution in [0, 0.1) is 0 Å². The summed E-state index contributed by atoms with van der Waals surface area (Å²) in [6.45, 7) is 0. The summed E-state index contributed by atoms with van der Waals surface area (Å²) in [5.41, 5.74) is 0.374. The second-order valence-electron chi connectivity index (χ2n) is 2.70. The van der Waals surface area contributed by atoms with Gasteiger partial charge in [0, 0.05) is 19.3 Å². The van der Waals surface area contributed by atoms with Crippen LogP contribution in [0.2, 0.25) is 0 Å². The minimum Gasteiger partial charge on any atom is -0.384 e. The van der Waals surface area contributed by atoms with E-state index in [0.29, 0.717) is 11.5 Å². The topological polar surface area (TPSA) is 60.1 Å². The summed E-state index contributed by atoms with van der Waals surface area (Å²) >= 11 is 0. The molecule has 2 aromatic heterocycles. The molecule has 0 bridgehead atoms. The van der Waals surface area contributed by atoms with E-state index in [2.05, 4.69) is 15.0 Å². The Morgan fingerprint density at radius 1 is 1.50 bits per heavy atom. The van der Waals surface area contributed by atoms with Crippen LogP contribution in [-0.4, -0.2) is 16.8 Å². The molecular weight excluding hydrogens is 182 g/mol. The smallest absolute Gasteiger partial charge is 0.279 e. The predicted molar refractivity (Wildman–Crippen MR) is 51.6 cm³/mol. The van der Waals surface area contributed by atoms with Crippen molar-refractivity contribution >= 4 is 5.69 Å². The molecule has 72 valence electrons. The fraction of sp³-hybridized carbons (Fsp3) is 0.111. The number of nitrogens with zero attached hydrogens (tertiary/aromatic N) is 2. The zero-order valence-electron chi connectivity index (χ0n) is 7.60. The van der Waals surface area contributed by atoms with E-state index < -0.39 is 0 Å². The monoisotopic (exact) mass is 191 g/mol. The summed E-state index contributed by atoms with van der Waals surface area (Å²) in [7, 11) is 1.70. The largest absolute Gasteiger partial charge is 0.384 e. The molecule has 2 aromatic rings. The lowest BCUT2D eigenvalue weighted by Crippen LogP contribution is -2.20. The Balaban J connectivity index is 2.60. The highest BCUT2D eigenvalue weighted by molar-refractivity contribution is 5.41. The summed E-state index contributed by atoms with van der Waals surface area (Å²) in [5, 5.41) is 6.49. The van der Waals surface area contributed by atoms with Gasteiger partial charge in [-0.25, -0.2) is 0 Å². The molecule has 2 heterocycles. The number of hydrogen-bond acceptors (Lipinski definition) is 4. The average Bonchev–Trinajstić information content (AvgIpc) is 2.71. The van der Waals surface area contributed by atoms with E-state index >= 15 is 0 Å². The van der Waals surface area contributed by atoms with Gasteiger partial charge in [-0.2, -0.15) is 0 Å². The first-order chi connectivity index (χ1) is 6.83. The van der Waals surface area contributed by atoms with E-state index in [1.807, 2.05) is 0 Å². The molecule has 0 unspecified atom stereocenters. The van der Waals surface area contributed by atoms with Crippen molar-refractivity contribution in [3.8, 4) is 5.82 Å². The first-order valence-corrected chi connectivity index (χ1v) is 4.13. The Bertz CT molecular complexity index is 473. The Morgan fingerprint density at radius 2 is 2.36 bits per heavy atom. The molecule has 0 saturated heterocycles. The van der Waals surface area contributed by atoms with E-state index in [1.165, 1.54) is 10.8 Å². The van der Waals surface area contributed by atoms with E-state index in [9.17, 15) is 4.79 Å². The van der Waals surface area contributed by atoms with E-state index in [0.717, 1.165) is 0 Å². The van der Waals surface area contributed by atoms with Crippen LogP contribution in [0.25, 0.3) is 5.82 Å². The van der Waals surface area contributed by atoms with E-state index in [1.54, 1.807) is 31.4 Å². The average molecular weight is 191 g/mol. The highest BCUT2D eigenvalue weighted by Gasteiger charge is 2.04. The van der Waals surface area contributed by atoms with Crippen molar-refractivity contribution < 1.29 is 4.52 Å². The SMILES string of the molecule is CNc1cccn(-c2ccon2)c1=O. The van der Waals surface area contributed by atoms with Crippen LogP contribution in [-0.2, 0) is 0 Å². The quantitative estimate of drug-likeness (QED) is 0.765. The summed E-state index contributed by atoms with van der Waals surface area (Å²) < 4.78 is 6.08. The Morgan fingerprint density at radius 3 is 3.00 bits per heavy atom. The molecule has 0 radical (unpaired) electrons. The van der Waals surface area contributed by atoms with Gasteiger partial charge in [0.2, 0.25) is 0 Å². The molecule has 0 saturated carbocycles. The third kappa shape index (κ3) is 1.28. The highest BCUT2D eigenvalue weighted by Crippen LogP contribution is 2.03. The van der Waals surface area contributed by atoms with E-state index in [4.69, 9.17) is 0 Å². The second kappa shape index (κ2) is 3.37. The minimum atomic E-state index is -0.149. The number of hydrogen-bond donors (Lipinski definition) is 1. The summed E-state index contributed by atoms with van der Waals surface area (Å²) in [5.74, 6) is 0.479. The molecule has 0 aliphatic carbocycles. The van der Waals surface area contributed by atoms with Gasteiger partial charge in [0.1, 0.15) is 12.0 Å². The van der Waals surface area contributed by atoms with Crippen molar-refractivity contribution in [1.82, 2.24) is 9.72 Å². The van der Waals surface area contributed by atoms with E-state index in [-0.39, 0.29) is 5.56 Å². The fourth-order valence-electron chi connectivity index (χ4n) is 1.20. The van der Waals surface area contributed by atoms with Crippen LogP contribution in [0.3, 0.4) is 0 Å². The van der Waals surface area contributed by atoms with Crippen LogP contribution >= 0.6 is 0 Å². The van der Waals surface area contributed by atoms with Gasteiger partial charge < -0.3 is 9.84 Å². The van der Waals surface area contributed by atoms with Crippen LogP contribution in [0.4, 0.5) is 5.69 Å². The summed E-state index contributed by atoms with van der Waals surface area (Å²) in [6, 6.07) is 5.10. The van der Waals surface area contributed by atoms with Gasteiger partial charge in [0.05, 0.1) is 0 Å². The molecule has 0 aliphatic heterocycles. The van der Waals surface area contributed by atoms with Gasteiger partial charge >= 0.3 is 0 Å². The lowest BCUT2D eigenvalue weighted by Gasteiger charge is -2.02. The lowest BCUT2D eigenvalue weighted by molar-refractivity contribution is 0.416. The predicted octanol–water partition coefficient (Wildman–Crippen LogP) is 0.867. The molecule has 0 spiro atoms. The number of anilines is 1. The van der Waals surface area contributed by atoms with Gasteiger partial charge in [0.15, 0.2) is 5.82 Å². The fourth-order valence-corrected chi connectivity index (χ4v) is 1.20. The third-order valence-electron chi connectivity index (χ3n) is 1.89. The van der Waals surface area contributed by atoms with Gasteiger partial charge in [0.25, 0.3) is 5.56 Å². The second-order valence-corrected chi connectivity index (χ2v) is 2.70. The summed E-state index contributed by atoms with van der Waals surface area (Å²) in [4.78, 5) is 11.7. The Hall–Kier alpha value is -2.04. The van der Waals surface area contributed by atoms with Crippen molar-refractivity contribution in [1.29, 1.82) is 0 Å². The van der Waals surface area contributed by atoms with Gasteiger partial charge in [-0.1, -0.05) is 5.16 Å². The van der Waals surface area contributed by atoms with Crippen LogP contribution < -0.4 is 10.9 Å². The zero-order valence-corrected chi connectivity index (χ0v) is 7.60. The van der Waals surface area contributed by atoms with Gasteiger partial charge in [-0.3, -0.25) is 9.36 Å². The normalized spacial score (nSPS) is 10.1. The first kappa shape index (κ1) is 8.55. The maximum Gasteiger partial charge on any atom is 0.279 e. The highest BCUT2D eigenvalue weighted by atomic mass is 16.5. The van der Waals surface area contributed by atoms with Crippen LogP contribution in [0.1, 0.15) is 0 Å². The van der Waals surface area contributed by atoms with Gasteiger partial charge in [-0.05, 0) is 12.1 Å². The summed E-state index contributed by atoms with van der Waals surface area (Å²) in [6.07, 6.45) is 3.06. The van der Waals surface area contributed by atoms with Crippen molar-refractivity contribution in [2.45, 2.75) is 0 Å². The molecule has 0 aromatic carbocycles. The van der Waals surface area contributed by atoms with Crippen molar-refractivity contribution in [2.24, 2.45) is 0 Å². The minimum absolute atomic E-state index is 0.149.